The van der Waals surface area contributed by atoms with E-state index in [1.54, 1.807) is 18.8 Å². The minimum Gasteiger partial charge on any atom is -0.493 e. The van der Waals surface area contributed by atoms with E-state index >= 15 is 0 Å². The number of thioether (sulfide) groups is 1. The molecule has 2 aromatic heterocycles. The van der Waals surface area contributed by atoms with Crippen LogP contribution in [-0.4, -0.2) is 35.4 Å². The minimum atomic E-state index is -0.118. The van der Waals surface area contributed by atoms with Gasteiger partial charge in [0.15, 0.2) is 16.7 Å². The number of aryl methyl sites for hydroxylation is 2. The number of carbonyl (C=O) groups excluding carboxylic acids is 1. The van der Waals surface area contributed by atoms with Crippen LogP contribution in [0.5, 0.6) is 11.5 Å². The number of benzene rings is 3. The van der Waals surface area contributed by atoms with Gasteiger partial charge in [0.1, 0.15) is 4.83 Å². The largest absolute Gasteiger partial charge is 0.493 e. The predicted octanol–water partition coefficient (Wildman–Crippen LogP) is 6.10. The first-order valence-electron chi connectivity index (χ1n) is 13.2. The second-order valence-corrected chi connectivity index (χ2v) is 11.5. The second-order valence-electron chi connectivity index (χ2n) is 9.54. The van der Waals surface area contributed by atoms with Gasteiger partial charge < -0.3 is 14.8 Å². The van der Waals surface area contributed by atoms with E-state index in [1.165, 1.54) is 28.7 Å². The van der Waals surface area contributed by atoms with Crippen molar-refractivity contribution in [1.82, 2.24) is 14.9 Å². The van der Waals surface area contributed by atoms with Crippen LogP contribution in [0, 0.1) is 6.92 Å². The lowest BCUT2D eigenvalue weighted by molar-refractivity contribution is -0.118. The highest BCUT2D eigenvalue weighted by Crippen LogP contribution is 2.32. The fourth-order valence-corrected chi connectivity index (χ4v) is 6.35. The summed E-state index contributed by atoms with van der Waals surface area (Å²) in [5.74, 6) is 1.32. The number of ether oxygens (including phenoxy) is 2. The molecule has 0 aliphatic heterocycles. The maximum absolute atomic E-state index is 13.8. The van der Waals surface area contributed by atoms with Crippen LogP contribution in [0.1, 0.15) is 16.7 Å². The van der Waals surface area contributed by atoms with Gasteiger partial charge in [-0.15, -0.1) is 11.3 Å². The van der Waals surface area contributed by atoms with Gasteiger partial charge in [0.25, 0.3) is 5.56 Å². The first-order valence-corrected chi connectivity index (χ1v) is 15.0. The lowest BCUT2D eigenvalue weighted by Gasteiger charge is -2.13. The van der Waals surface area contributed by atoms with E-state index < -0.39 is 0 Å². The van der Waals surface area contributed by atoms with Gasteiger partial charge in [-0.25, -0.2) is 4.98 Å². The monoisotopic (exact) mass is 585 g/mol. The number of aromatic nitrogens is 2. The summed E-state index contributed by atoms with van der Waals surface area (Å²) in [4.78, 5) is 33.1. The highest BCUT2D eigenvalue weighted by molar-refractivity contribution is 7.99. The molecule has 0 atom stereocenters. The molecule has 2 heterocycles. The summed E-state index contributed by atoms with van der Waals surface area (Å²) in [6.45, 7) is 2.88. The van der Waals surface area contributed by atoms with Gasteiger partial charge in [0.2, 0.25) is 5.91 Å². The average molecular weight is 586 g/mol. The van der Waals surface area contributed by atoms with E-state index in [0.29, 0.717) is 46.4 Å². The summed E-state index contributed by atoms with van der Waals surface area (Å²) < 4.78 is 12.5. The molecule has 0 aliphatic carbocycles. The quantitative estimate of drug-likeness (QED) is 0.149. The van der Waals surface area contributed by atoms with E-state index in [4.69, 9.17) is 14.5 Å². The Kier molecular flexibility index (Phi) is 9.06. The van der Waals surface area contributed by atoms with Crippen LogP contribution in [0.25, 0.3) is 20.7 Å². The number of nitrogens with one attached hydrogen (secondary N) is 1. The van der Waals surface area contributed by atoms with Gasteiger partial charge in [-0.3, -0.25) is 14.2 Å². The molecule has 9 heteroatoms. The fourth-order valence-electron chi connectivity index (χ4n) is 4.41. The third-order valence-corrected chi connectivity index (χ3v) is 8.74. The Hall–Kier alpha value is -4.08. The second kappa shape index (κ2) is 13.1. The molecule has 1 N–H and O–H groups in total. The highest BCUT2D eigenvalue weighted by Gasteiger charge is 2.17. The van der Waals surface area contributed by atoms with Crippen molar-refractivity contribution in [3.05, 3.63) is 106 Å². The molecule has 0 aliphatic rings. The molecule has 1 amide bonds. The zero-order chi connectivity index (χ0) is 28.8. The standard InChI is InChI=1S/C32H31N3O4S2/c1-21-9-11-23(12-10-21)19-33-29(36)20-40-32-34-30-25(18-28(41-30)24-7-5-4-6-8-24)31(37)35(32)16-15-22-13-14-26(38-2)27(17-22)39-3/h4-14,17-18H,15-16,19-20H2,1-3H3,(H,33,36). The van der Waals surface area contributed by atoms with Crippen LogP contribution < -0.4 is 20.3 Å². The Morgan fingerprint density at radius 3 is 2.41 bits per heavy atom. The fraction of sp³-hybridized carbons (Fsp3) is 0.219. The van der Waals surface area contributed by atoms with Crippen molar-refractivity contribution in [3.63, 3.8) is 0 Å². The van der Waals surface area contributed by atoms with Crippen molar-refractivity contribution in [1.29, 1.82) is 0 Å². The SMILES string of the molecule is COc1ccc(CCn2c(SCC(=O)NCc3ccc(C)cc3)nc3sc(-c4ccccc4)cc3c2=O)cc1OC. The number of amides is 1. The van der Waals surface area contributed by atoms with Crippen LogP contribution in [0.2, 0.25) is 0 Å². The van der Waals surface area contributed by atoms with Crippen molar-refractivity contribution in [2.45, 2.75) is 31.6 Å². The lowest BCUT2D eigenvalue weighted by atomic mass is 10.1. The van der Waals surface area contributed by atoms with Gasteiger partial charge in [0.05, 0.1) is 25.4 Å². The van der Waals surface area contributed by atoms with E-state index in [9.17, 15) is 9.59 Å². The normalized spacial score (nSPS) is 11.0. The zero-order valence-electron chi connectivity index (χ0n) is 23.2. The summed E-state index contributed by atoms with van der Waals surface area (Å²) in [5.41, 5.74) is 4.13. The molecule has 5 aromatic rings. The molecule has 7 nitrogen and oxygen atoms in total. The van der Waals surface area contributed by atoms with Crippen molar-refractivity contribution in [3.8, 4) is 21.9 Å². The summed E-state index contributed by atoms with van der Waals surface area (Å²) in [6, 6.07) is 25.7. The molecule has 210 valence electrons. The number of nitrogens with zero attached hydrogens (tertiary/aromatic N) is 2. The Morgan fingerprint density at radius 2 is 1.68 bits per heavy atom. The van der Waals surface area contributed by atoms with E-state index in [-0.39, 0.29) is 17.2 Å². The minimum absolute atomic E-state index is 0.114. The van der Waals surface area contributed by atoms with Crippen molar-refractivity contribution in [2.75, 3.05) is 20.0 Å². The maximum Gasteiger partial charge on any atom is 0.262 e. The van der Waals surface area contributed by atoms with Crippen LogP contribution >= 0.6 is 23.1 Å². The van der Waals surface area contributed by atoms with E-state index in [1.807, 2.05) is 85.8 Å². The van der Waals surface area contributed by atoms with Gasteiger partial charge in [-0.05, 0) is 48.2 Å². The van der Waals surface area contributed by atoms with Gasteiger partial charge in [0, 0.05) is 18.0 Å². The zero-order valence-corrected chi connectivity index (χ0v) is 24.8. The molecule has 0 fully saturated rings. The molecule has 0 radical (unpaired) electrons. The molecule has 41 heavy (non-hydrogen) atoms. The average Bonchev–Trinajstić information content (AvgIpc) is 3.44. The number of methoxy groups -OCH3 is 2. The topological polar surface area (TPSA) is 82.5 Å². The lowest BCUT2D eigenvalue weighted by Crippen LogP contribution is -2.27. The molecule has 0 spiro atoms. The first-order chi connectivity index (χ1) is 19.9. The number of thiophene rings is 1. The summed E-state index contributed by atoms with van der Waals surface area (Å²) in [5, 5.41) is 4.07. The van der Waals surface area contributed by atoms with Crippen molar-refractivity contribution < 1.29 is 14.3 Å². The predicted molar refractivity (Wildman–Crippen MR) is 166 cm³/mol. The Morgan fingerprint density at radius 1 is 0.951 bits per heavy atom. The molecular formula is C32H31N3O4S2. The summed E-state index contributed by atoms with van der Waals surface area (Å²) in [6.07, 6.45) is 0.580. The van der Waals surface area contributed by atoms with Crippen LogP contribution in [0.4, 0.5) is 0 Å². The van der Waals surface area contributed by atoms with Crippen LogP contribution in [0.3, 0.4) is 0 Å². The number of rotatable bonds is 11. The Balaban J connectivity index is 1.40. The Labute approximate surface area is 247 Å². The Bertz CT molecular complexity index is 1710. The molecule has 0 bridgehead atoms. The van der Waals surface area contributed by atoms with Gasteiger partial charge >= 0.3 is 0 Å². The van der Waals surface area contributed by atoms with Crippen LogP contribution in [-0.2, 0) is 24.3 Å². The van der Waals surface area contributed by atoms with Crippen molar-refractivity contribution >= 4 is 39.2 Å². The van der Waals surface area contributed by atoms with Gasteiger partial charge in [-0.2, -0.15) is 0 Å². The van der Waals surface area contributed by atoms with E-state index in [2.05, 4.69) is 5.32 Å². The summed E-state index contributed by atoms with van der Waals surface area (Å²) in [7, 11) is 3.20. The molecule has 5 rings (SSSR count). The molecular weight excluding hydrogens is 555 g/mol. The van der Waals surface area contributed by atoms with Crippen molar-refractivity contribution in [2.24, 2.45) is 0 Å². The number of fused-ring (bicyclic) bond motifs is 1. The third kappa shape index (κ3) is 6.81. The number of hydrogen-bond acceptors (Lipinski definition) is 7. The third-order valence-electron chi connectivity index (χ3n) is 6.69. The smallest absolute Gasteiger partial charge is 0.262 e. The molecule has 3 aromatic carbocycles. The highest BCUT2D eigenvalue weighted by atomic mass is 32.2. The first kappa shape index (κ1) is 28.4. The van der Waals surface area contributed by atoms with Gasteiger partial charge in [-0.1, -0.05) is 78.0 Å². The maximum atomic E-state index is 13.8. The van der Waals surface area contributed by atoms with Crippen LogP contribution in [0.15, 0.2) is 88.8 Å². The molecule has 0 saturated carbocycles. The number of carbonyl (C=O) groups is 1. The molecule has 0 unspecified atom stereocenters. The molecule has 0 saturated heterocycles. The summed E-state index contributed by atoms with van der Waals surface area (Å²) >= 11 is 2.76. The van der Waals surface area contributed by atoms with E-state index in [0.717, 1.165) is 21.6 Å². The number of hydrogen-bond donors (Lipinski definition) is 1.